The average molecular weight is 410 g/mol. The highest BCUT2D eigenvalue weighted by atomic mass is 79.9. The molecule has 1 N–H and O–H groups in total. The first-order chi connectivity index (χ1) is 11.6. The lowest BCUT2D eigenvalue weighted by atomic mass is 9.77. The van der Waals surface area contributed by atoms with Crippen LogP contribution < -0.4 is 5.32 Å². The van der Waals surface area contributed by atoms with Gasteiger partial charge in [0, 0.05) is 11.0 Å². The van der Waals surface area contributed by atoms with Crippen molar-refractivity contribution < 1.29 is 18.8 Å². The Morgan fingerprint density at radius 1 is 1.28 bits per heavy atom. The van der Waals surface area contributed by atoms with Gasteiger partial charge >= 0.3 is 13.1 Å². The van der Waals surface area contributed by atoms with E-state index in [0.29, 0.717) is 12.1 Å². The Morgan fingerprint density at radius 2 is 1.88 bits per heavy atom. The van der Waals surface area contributed by atoms with Crippen LogP contribution in [0.25, 0.3) is 6.08 Å². The molecule has 1 aliphatic heterocycles. The molecule has 0 amide bonds. The molecule has 1 aromatic carbocycles. The van der Waals surface area contributed by atoms with Gasteiger partial charge in [0.1, 0.15) is 0 Å². The van der Waals surface area contributed by atoms with Gasteiger partial charge in [-0.2, -0.15) is 0 Å². The van der Waals surface area contributed by atoms with E-state index in [0.717, 1.165) is 15.5 Å². The molecule has 0 unspecified atom stereocenters. The van der Waals surface area contributed by atoms with Crippen molar-refractivity contribution in [3.05, 3.63) is 39.3 Å². The number of hydrogen-bond acceptors (Lipinski definition) is 5. The van der Waals surface area contributed by atoms with Crippen molar-refractivity contribution in [2.24, 2.45) is 0 Å². The quantitative estimate of drug-likeness (QED) is 0.596. The largest absolute Gasteiger partial charge is 0.491 e. The van der Waals surface area contributed by atoms with Crippen LogP contribution in [0.4, 0.5) is 0 Å². The Morgan fingerprint density at radius 3 is 2.36 bits per heavy atom. The summed E-state index contributed by atoms with van der Waals surface area (Å²) < 4.78 is 17.9. The number of ether oxygens (including phenoxy) is 1. The maximum absolute atomic E-state index is 11.6. The van der Waals surface area contributed by atoms with E-state index in [1.54, 1.807) is 12.1 Å². The summed E-state index contributed by atoms with van der Waals surface area (Å²) in [5, 5.41) is 3.16. The topological polar surface area (TPSA) is 56.8 Å². The van der Waals surface area contributed by atoms with Crippen LogP contribution in [0, 0.1) is 0 Å². The van der Waals surface area contributed by atoms with Gasteiger partial charge in [0.2, 0.25) is 0 Å². The second-order valence-electron chi connectivity index (χ2n) is 7.07. The number of halogens is 1. The maximum Gasteiger partial charge on any atom is 0.491 e. The van der Waals surface area contributed by atoms with E-state index in [9.17, 15) is 4.79 Å². The minimum Gasteiger partial charge on any atom is -0.465 e. The summed E-state index contributed by atoms with van der Waals surface area (Å²) in [7, 11) is 2.83. The summed E-state index contributed by atoms with van der Waals surface area (Å²) in [5.41, 5.74) is 1.63. The van der Waals surface area contributed by atoms with Crippen molar-refractivity contribution in [3.63, 3.8) is 0 Å². The molecule has 1 aliphatic rings. The molecule has 1 aromatic rings. The average Bonchev–Trinajstić information content (AvgIpc) is 2.75. The van der Waals surface area contributed by atoms with Gasteiger partial charge in [-0.3, -0.25) is 0 Å². The zero-order chi connectivity index (χ0) is 18.8. The monoisotopic (exact) mass is 409 g/mol. The lowest BCUT2D eigenvalue weighted by Gasteiger charge is -2.32. The zero-order valence-corrected chi connectivity index (χ0v) is 17.2. The number of esters is 1. The standard InChI is InChI=1S/C18H25BBrNO4/c1-17(2)18(3,4)25-19(24-17)14(11-21-5)9-12-7-8-13(10-15(12)20)16(22)23-6/h7-10,21H,11H2,1-6H3. The Hall–Kier alpha value is -1.15. The fourth-order valence-electron chi connectivity index (χ4n) is 2.49. The predicted molar refractivity (Wildman–Crippen MR) is 103 cm³/mol. The minimum absolute atomic E-state index is 0.363. The van der Waals surface area contributed by atoms with Gasteiger partial charge in [0.05, 0.1) is 23.9 Å². The van der Waals surface area contributed by atoms with Crippen LogP contribution in [-0.4, -0.2) is 45.0 Å². The number of likely N-dealkylation sites (N-methyl/N-ethyl adjacent to an activating group) is 1. The second-order valence-corrected chi connectivity index (χ2v) is 7.92. The van der Waals surface area contributed by atoms with Crippen molar-refractivity contribution >= 4 is 35.1 Å². The Bertz CT molecular complexity index is 672. The summed E-state index contributed by atoms with van der Waals surface area (Å²) in [5.74, 6) is -0.363. The highest BCUT2D eigenvalue weighted by molar-refractivity contribution is 9.10. The fourth-order valence-corrected chi connectivity index (χ4v) is 2.98. The lowest BCUT2D eigenvalue weighted by Crippen LogP contribution is -2.41. The van der Waals surface area contributed by atoms with Crippen LogP contribution in [0.2, 0.25) is 0 Å². The zero-order valence-electron chi connectivity index (χ0n) is 15.6. The van der Waals surface area contributed by atoms with Crippen molar-refractivity contribution in [1.82, 2.24) is 5.32 Å². The minimum atomic E-state index is -0.426. The number of carbonyl (C=O) groups is 1. The molecule has 0 radical (unpaired) electrons. The van der Waals surface area contributed by atoms with E-state index in [1.165, 1.54) is 7.11 Å². The molecular weight excluding hydrogens is 385 g/mol. The first-order valence-corrected chi connectivity index (χ1v) is 8.99. The molecule has 136 valence electrons. The molecule has 0 aliphatic carbocycles. The first kappa shape index (κ1) is 20.2. The summed E-state index contributed by atoms with van der Waals surface area (Å²) >= 11 is 3.52. The highest BCUT2D eigenvalue weighted by Gasteiger charge is 2.52. The highest BCUT2D eigenvalue weighted by Crippen LogP contribution is 2.39. The van der Waals surface area contributed by atoms with Crippen LogP contribution in [0.15, 0.2) is 28.1 Å². The van der Waals surface area contributed by atoms with E-state index >= 15 is 0 Å². The molecule has 5 nitrogen and oxygen atoms in total. The van der Waals surface area contributed by atoms with Crippen LogP contribution >= 0.6 is 15.9 Å². The van der Waals surface area contributed by atoms with E-state index in [4.69, 9.17) is 14.0 Å². The van der Waals surface area contributed by atoms with Crippen LogP contribution in [0.1, 0.15) is 43.6 Å². The van der Waals surface area contributed by atoms with Crippen molar-refractivity contribution in [2.75, 3.05) is 20.7 Å². The van der Waals surface area contributed by atoms with Gasteiger partial charge in [-0.1, -0.05) is 28.1 Å². The second kappa shape index (κ2) is 7.62. The van der Waals surface area contributed by atoms with Crippen LogP contribution in [0.3, 0.4) is 0 Å². The van der Waals surface area contributed by atoms with E-state index in [1.807, 2.05) is 46.9 Å². The number of carbonyl (C=O) groups excluding carboxylic acids is 1. The number of nitrogens with one attached hydrogen (secondary N) is 1. The molecule has 7 heteroatoms. The Labute approximate surface area is 158 Å². The number of benzene rings is 1. The number of hydrogen-bond donors (Lipinski definition) is 1. The molecule has 0 saturated carbocycles. The third-order valence-corrected chi connectivity index (χ3v) is 5.39. The normalized spacial score (nSPS) is 19.2. The van der Waals surface area contributed by atoms with E-state index in [2.05, 4.69) is 21.2 Å². The summed E-state index contributed by atoms with van der Waals surface area (Å²) in [6.45, 7) is 8.76. The Kier molecular flexibility index (Phi) is 6.15. The van der Waals surface area contributed by atoms with Gasteiger partial charge in [0.15, 0.2) is 0 Å². The predicted octanol–water partition coefficient (Wildman–Crippen LogP) is 3.47. The smallest absolute Gasteiger partial charge is 0.465 e. The molecule has 1 heterocycles. The van der Waals surface area contributed by atoms with Crippen molar-refractivity contribution in [1.29, 1.82) is 0 Å². The van der Waals surface area contributed by atoms with Crippen LogP contribution in [-0.2, 0) is 14.0 Å². The third kappa shape index (κ3) is 4.34. The van der Waals surface area contributed by atoms with Crippen molar-refractivity contribution in [3.8, 4) is 0 Å². The molecule has 1 fully saturated rings. The molecule has 0 spiro atoms. The van der Waals surface area contributed by atoms with Gasteiger partial charge in [-0.15, -0.1) is 0 Å². The maximum atomic E-state index is 11.6. The summed E-state index contributed by atoms with van der Waals surface area (Å²) in [4.78, 5) is 11.6. The molecule has 0 aromatic heterocycles. The molecule has 25 heavy (non-hydrogen) atoms. The lowest BCUT2D eigenvalue weighted by molar-refractivity contribution is 0.00578. The summed E-state index contributed by atoms with van der Waals surface area (Å²) in [6, 6.07) is 5.36. The SMILES string of the molecule is CNCC(=Cc1ccc(C(=O)OC)cc1Br)B1OC(C)(C)C(C)(C)O1. The molecular formula is C18H25BBrNO4. The van der Waals surface area contributed by atoms with Crippen LogP contribution in [0.5, 0.6) is 0 Å². The van der Waals surface area contributed by atoms with Gasteiger partial charge in [-0.05, 0) is 57.9 Å². The fraction of sp³-hybridized carbons (Fsp3) is 0.500. The van der Waals surface area contributed by atoms with Gasteiger partial charge < -0.3 is 19.4 Å². The molecule has 0 bridgehead atoms. The van der Waals surface area contributed by atoms with Gasteiger partial charge in [0.25, 0.3) is 0 Å². The van der Waals surface area contributed by atoms with Crippen molar-refractivity contribution in [2.45, 2.75) is 38.9 Å². The number of rotatable bonds is 5. The molecule has 2 rings (SSSR count). The number of methoxy groups -OCH3 is 1. The van der Waals surface area contributed by atoms with E-state index in [-0.39, 0.29) is 5.97 Å². The first-order valence-electron chi connectivity index (χ1n) is 8.20. The molecule has 1 saturated heterocycles. The third-order valence-electron chi connectivity index (χ3n) is 4.70. The van der Waals surface area contributed by atoms with E-state index < -0.39 is 18.3 Å². The van der Waals surface area contributed by atoms with Gasteiger partial charge in [-0.25, -0.2) is 4.79 Å². The Balaban J connectivity index is 2.33. The molecule has 0 atom stereocenters. The summed E-state index contributed by atoms with van der Waals surface area (Å²) in [6.07, 6.45) is 2.02.